The second-order valence-corrected chi connectivity index (χ2v) is 6.45. The molecule has 4 nitrogen and oxygen atoms in total. The standard InChI is InChI=1S/C14H25N3OS/c1-11(2)15-7-14-16-12(10-19-14)8-17-6-4-5-13(9-17)18-3/h10-11,13,15H,4-9H2,1-3H3. The monoisotopic (exact) mass is 283 g/mol. The molecule has 0 bridgehead atoms. The van der Waals surface area contributed by atoms with Crippen LogP contribution >= 0.6 is 11.3 Å². The van der Waals surface area contributed by atoms with Crippen molar-refractivity contribution in [2.24, 2.45) is 0 Å². The normalized spacial score (nSPS) is 21.2. The van der Waals surface area contributed by atoms with Crippen molar-refractivity contribution in [3.8, 4) is 0 Å². The molecule has 2 rings (SSSR count). The van der Waals surface area contributed by atoms with Crippen LogP contribution in [0.4, 0.5) is 0 Å². The molecule has 1 aromatic rings. The Balaban J connectivity index is 1.82. The molecule has 0 aliphatic carbocycles. The molecule has 1 aromatic heterocycles. The van der Waals surface area contributed by atoms with Gasteiger partial charge in [-0.3, -0.25) is 4.90 Å². The molecule has 0 aromatic carbocycles. The van der Waals surface area contributed by atoms with Crippen LogP contribution in [0.1, 0.15) is 37.4 Å². The third kappa shape index (κ3) is 4.84. The molecule has 1 fully saturated rings. The van der Waals surface area contributed by atoms with Gasteiger partial charge in [-0.1, -0.05) is 13.8 Å². The van der Waals surface area contributed by atoms with Crippen LogP contribution in [0.2, 0.25) is 0 Å². The van der Waals surface area contributed by atoms with E-state index in [2.05, 4.69) is 29.4 Å². The highest BCUT2D eigenvalue weighted by molar-refractivity contribution is 7.09. The fraction of sp³-hybridized carbons (Fsp3) is 0.786. The molecule has 0 spiro atoms. The van der Waals surface area contributed by atoms with E-state index in [0.29, 0.717) is 12.1 Å². The summed E-state index contributed by atoms with van der Waals surface area (Å²) in [6.07, 6.45) is 2.81. The fourth-order valence-corrected chi connectivity index (χ4v) is 3.11. The van der Waals surface area contributed by atoms with Crippen LogP contribution in [0, 0.1) is 0 Å². The number of hydrogen-bond acceptors (Lipinski definition) is 5. The lowest BCUT2D eigenvalue weighted by Crippen LogP contribution is -2.38. The molecule has 0 radical (unpaired) electrons. The Bertz CT molecular complexity index is 381. The molecule has 1 N–H and O–H groups in total. The number of ether oxygens (including phenoxy) is 1. The van der Waals surface area contributed by atoms with E-state index in [1.165, 1.54) is 23.5 Å². The van der Waals surface area contributed by atoms with Crippen LogP contribution < -0.4 is 5.32 Å². The largest absolute Gasteiger partial charge is 0.380 e. The maximum atomic E-state index is 5.46. The van der Waals surface area contributed by atoms with Crippen molar-refractivity contribution in [3.05, 3.63) is 16.1 Å². The lowest BCUT2D eigenvalue weighted by Gasteiger charge is -2.31. The van der Waals surface area contributed by atoms with Gasteiger partial charge in [-0.2, -0.15) is 0 Å². The number of piperidine rings is 1. The summed E-state index contributed by atoms with van der Waals surface area (Å²) in [5.41, 5.74) is 1.20. The van der Waals surface area contributed by atoms with Gasteiger partial charge in [0.15, 0.2) is 0 Å². The highest BCUT2D eigenvalue weighted by atomic mass is 32.1. The van der Waals surface area contributed by atoms with Crippen LogP contribution in [0.25, 0.3) is 0 Å². The van der Waals surface area contributed by atoms with Crippen molar-refractivity contribution in [2.45, 2.75) is 51.9 Å². The topological polar surface area (TPSA) is 37.4 Å². The summed E-state index contributed by atoms with van der Waals surface area (Å²) < 4.78 is 5.46. The van der Waals surface area contributed by atoms with E-state index in [1.54, 1.807) is 11.3 Å². The minimum Gasteiger partial charge on any atom is -0.380 e. The van der Waals surface area contributed by atoms with Crippen LogP contribution in [0.15, 0.2) is 5.38 Å². The summed E-state index contributed by atoms with van der Waals surface area (Å²) in [6.45, 7) is 8.35. The zero-order valence-corrected chi connectivity index (χ0v) is 13.0. The third-order valence-corrected chi connectivity index (χ3v) is 4.34. The van der Waals surface area contributed by atoms with Crippen molar-refractivity contribution >= 4 is 11.3 Å². The van der Waals surface area contributed by atoms with Gasteiger partial charge in [0.2, 0.25) is 0 Å². The van der Waals surface area contributed by atoms with E-state index in [-0.39, 0.29) is 0 Å². The molecule has 5 heteroatoms. The molecule has 0 saturated carbocycles. The van der Waals surface area contributed by atoms with Crippen LogP contribution in [0.3, 0.4) is 0 Å². The van der Waals surface area contributed by atoms with Gasteiger partial charge in [-0.05, 0) is 19.4 Å². The molecule has 1 unspecified atom stereocenters. The first kappa shape index (κ1) is 14.9. The number of nitrogens with zero attached hydrogens (tertiary/aromatic N) is 2. The predicted molar refractivity (Wildman–Crippen MR) is 79.4 cm³/mol. The summed E-state index contributed by atoms with van der Waals surface area (Å²) >= 11 is 1.76. The summed E-state index contributed by atoms with van der Waals surface area (Å²) in [7, 11) is 1.81. The smallest absolute Gasteiger partial charge is 0.107 e. The maximum Gasteiger partial charge on any atom is 0.107 e. The van der Waals surface area contributed by atoms with Crippen molar-refractivity contribution in [1.29, 1.82) is 0 Å². The fourth-order valence-electron chi connectivity index (χ4n) is 2.37. The molecule has 1 atom stereocenters. The molecule has 108 valence electrons. The number of likely N-dealkylation sites (tertiary alicyclic amines) is 1. The number of rotatable bonds is 6. The summed E-state index contributed by atoms with van der Waals surface area (Å²) in [6, 6.07) is 0.511. The molecule has 1 aliphatic heterocycles. The Labute approximate surface area is 120 Å². The minimum absolute atomic E-state index is 0.398. The molecular formula is C14H25N3OS. The van der Waals surface area contributed by atoms with Gasteiger partial charge < -0.3 is 10.1 Å². The first-order valence-corrected chi connectivity index (χ1v) is 7.97. The predicted octanol–water partition coefficient (Wildman–Crippen LogP) is 2.25. The lowest BCUT2D eigenvalue weighted by molar-refractivity contribution is 0.0282. The zero-order chi connectivity index (χ0) is 13.7. The quantitative estimate of drug-likeness (QED) is 0.869. The first-order valence-electron chi connectivity index (χ1n) is 7.09. The second kappa shape index (κ2) is 7.33. The van der Waals surface area contributed by atoms with E-state index >= 15 is 0 Å². The average molecular weight is 283 g/mol. The zero-order valence-electron chi connectivity index (χ0n) is 12.2. The van der Waals surface area contributed by atoms with Gasteiger partial charge in [0, 0.05) is 38.2 Å². The Morgan fingerprint density at radius 1 is 1.58 bits per heavy atom. The number of hydrogen-bond donors (Lipinski definition) is 1. The Kier molecular flexibility index (Phi) is 5.76. The molecule has 1 aliphatic rings. The van der Waals surface area contributed by atoms with Crippen molar-refractivity contribution < 1.29 is 4.74 Å². The average Bonchev–Trinajstić information content (AvgIpc) is 2.84. The van der Waals surface area contributed by atoms with Crippen LogP contribution in [-0.4, -0.2) is 42.2 Å². The number of methoxy groups -OCH3 is 1. The van der Waals surface area contributed by atoms with Crippen molar-refractivity contribution in [3.63, 3.8) is 0 Å². The third-order valence-electron chi connectivity index (χ3n) is 3.44. The van der Waals surface area contributed by atoms with Gasteiger partial charge in [-0.15, -0.1) is 11.3 Å². The van der Waals surface area contributed by atoms with E-state index in [9.17, 15) is 0 Å². The second-order valence-electron chi connectivity index (χ2n) is 5.50. The maximum absolute atomic E-state index is 5.46. The molecule has 0 amide bonds. The van der Waals surface area contributed by atoms with Gasteiger partial charge in [0.1, 0.15) is 5.01 Å². The van der Waals surface area contributed by atoms with Gasteiger partial charge >= 0.3 is 0 Å². The minimum atomic E-state index is 0.398. The Morgan fingerprint density at radius 3 is 3.16 bits per heavy atom. The van der Waals surface area contributed by atoms with E-state index in [0.717, 1.165) is 26.2 Å². The van der Waals surface area contributed by atoms with E-state index in [1.807, 2.05) is 7.11 Å². The number of thiazole rings is 1. The highest BCUT2D eigenvalue weighted by Crippen LogP contribution is 2.17. The first-order chi connectivity index (χ1) is 9.17. The Morgan fingerprint density at radius 2 is 2.42 bits per heavy atom. The SMILES string of the molecule is COC1CCCN(Cc2csc(CNC(C)C)n2)C1. The van der Waals surface area contributed by atoms with Crippen molar-refractivity contribution in [1.82, 2.24) is 15.2 Å². The van der Waals surface area contributed by atoms with Gasteiger partial charge in [-0.25, -0.2) is 4.98 Å². The number of aromatic nitrogens is 1. The van der Waals surface area contributed by atoms with Crippen LogP contribution in [-0.2, 0) is 17.8 Å². The summed E-state index contributed by atoms with van der Waals surface area (Å²) in [4.78, 5) is 7.15. The molecule has 19 heavy (non-hydrogen) atoms. The summed E-state index contributed by atoms with van der Waals surface area (Å²) in [5, 5.41) is 6.78. The number of nitrogens with one attached hydrogen (secondary N) is 1. The summed E-state index contributed by atoms with van der Waals surface area (Å²) in [5.74, 6) is 0. The highest BCUT2D eigenvalue weighted by Gasteiger charge is 2.20. The molecular weight excluding hydrogens is 258 g/mol. The Hall–Kier alpha value is -0.490. The molecule has 2 heterocycles. The van der Waals surface area contributed by atoms with E-state index in [4.69, 9.17) is 9.72 Å². The van der Waals surface area contributed by atoms with Gasteiger partial charge in [0.05, 0.1) is 11.8 Å². The van der Waals surface area contributed by atoms with Crippen LogP contribution in [0.5, 0.6) is 0 Å². The van der Waals surface area contributed by atoms with Crippen molar-refractivity contribution in [2.75, 3.05) is 20.2 Å². The molecule has 1 saturated heterocycles. The van der Waals surface area contributed by atoms with Gasteiger partial charge in [0.25, 0.3) is 0 Å². The van der Waals surface area contributed by atoms with E-state index < -0.39 is 0 Å². The lowest BCUT2D eigenvalue weighted by atomic mass is 10.1.